The molecule has 0 aromatic heterocycles. The minimum Gasteiger partial charge on any atom is -0.303 e. The zero-order chi connectivity index (χ0) is 9.64. The molecule has 0 radical (unpaired) electrons. The van der Waals surface area contributed by atoms with E-state index in [1.165, 1.54) is 58.2 Å². The van der Waals surface area contributed by atoms with E-state index in [1.54, 1.807) is 18.5 Å². The Morgan fingerprint density at radius 2 is 1.00 bits per heavy atom. The summed E-state index contributed by atoms with van der Waals surface area (Å²) >= 11 is 0. The van der Waals surface area contributed by atoms with Crippen LogP contribution in [0.2, 0.25) is 0 Å². The Morgan fingerprint density at radius 1 is 0.571 bits per heavy atom. The standard InChI is InChI=1S/C12H24NP/c1-4-10-14-11-5-2-8-13(7-1)9-3-6-12-14/h1-12H2. The summed E-state index contributed by atoms with van der Waals surface area (Å²) in [7, 11) is 0.456. The fourth-order valence-electron chi connectivity index (χ4n) is 2.68. The van der Waals surface area contributed by atoms with Crippen molar-refractivity contribution in [2.24, 2.45) is 0 Å². The van der Waals surface area contributed by atoms with Crippen molar-refractivity contribution in [3.05, 3.63) is 0 Å². The number of rotatable bonds is 0. The molecule has 82 valence electrons. The first kappa shape index (κ1) is 10.9. The van der Waals surface area contributed by atoms with E-state index < -0.39 is 0 Å². The molecule has 3 saturated heterocycles. The van der Waals surface area contributed by atoms with Crippen LogP contribution in [0.3, 0.4) is 0 Å². The maximum absolute atomic E-state index is 2.72. The summed E-state index contributed by atoms with van der Waals surface area (Å²) < 4.78 is 0. The second kappa shape index (κ2) is 6.08. The largest absolute Gasteiger partial charge is 0.303 e. The Morgan fingerprint density at radius 3 is 1.43 bits per heavy atom. The van der Waals surface area contributed by atoms with Crippen molar-refractivity contribution in [1.29, 1.82) is 0 Å². The van der Waals surface area contributed by atoms with Crippen molar-refractivity contribution in [2.75, 3.05) is 38.1 Å². The Hall–Kier alpha value is 0.390. The van der Waals surface area contributed by atoms with Crippen LogP contribution in [0, 0.1) is 0 Å². The monoisotopic (exact) mass is 213 g/mol. The summed E-state index contributed by atoms with van der Waals surface area (Å²) in [5, 5.41) is 0. The van der Waals surface area contributed by atoms with Crippen LogP contribution in [0.1, 0.15) is 38.5 Å². The quantitative estimate of drug-likeness (QED) is 0.559. The van der Waals surface area contributed by atoms with Crippen LogP contribution < -0.4 is 0 Å². The first-order valence-corrected chi connectivity index (χ1v) is 8.29. The van der Waals surface area contributed by atoms with E-state index in [4.69, 9.17) is 0 Å². The summed E-state index contributed by atoms with van der Waals surface area (Å²) in [6.07, 6.45) is 13.7. The molecular formula is C12H24NP. The van der Waals surface area contributed by atoms with Crippen LogP contribution in [-0.2, 0) is 0 Å². The molecule has 3 fully saturated rings. The third-order valence-corrected chi connectivity index (χ3v) is 6.44. The van der Waals surface area contributed by atoms with Crippen LogP contribution in [-0.4, -0.2) is 43.0 Å². The Balaban J connectivity index is 1.93. The fraction of sp³-hybridized carbons (Fsp3) is 1.00. The third kappa shape index (κ3) is 3.51. The van der Waals surface area contributed by atoms with E-state index in [1.807, 2.05) is 0 Å². The summed E-state index contributed by atoms with van der Waals surface area (Å²) in [6.45, 7) is 4.18. The fourth-order valence-corrected chi connectivity index (χ4v) is 5.37. The van der Waals surface area contributed by atoms with Crippen molar-refractivity contribution in [2.45, 2.75) is 38.5 Å². The summed E-state index contributed by atoms with van der Waals surface area (Å²) in [5.74, 6) is 0. The average Bonchev–Trinajstić information content (AvgIpc) is 2.25. The minimum atomic E-state index is 0.456. The molecule has 1 nitrogen and oxygen atoms in total. The predicted octanol–water partition coefficient (Wildman–Crippen LogP) is 3.14. The molecule has 0 aromatic rings. The lowest BCUT2D eigenvalue weighted by molar-refractivity contribution is 0.259. The van der Waals surface area contributed by atoms with Crippen LogP contribution in [0.5, 0.6) is 0 Å². The molecule has 0 atom stereocenters. The summed E-state index contributed by atoms with van der Waals surface area (Å²) in [5.41, 5.74) is 0. The van der Waals surface area contributed by atoms with Crippen molar-refractivity contribution >= 4 is 7.92 Å². The molecule has 0 unspecified atom stereocenters. The van der Waals surface area contributed by atoms with Gasteiger partial charge in [-0.15, -0.1) is 7.92 Å². The lowest BCUT2D eigenvalue weighted by Gasteiger charge is -2.28. The van der Waals surface area contributed by atoms with E-state index in [2.05, 4.69) is 4.90 Å². The number of hydrogen-bond acceptors (Lipinski definition) is 1. The Kier molecular flexibility index (Phi) is 4.73. The van der Waals surface area contributed by atoms with Gasteiger partial charge in [0, 0.05) is 0 Å². The first-order valence-electron chi connectivity index (χ1n) is 6.40. The highest BCUT2D eigenvalue weighted by Crippen LogP contribution is 2.39. The van der Waals surface area contributed by atoms with E-state index in [0.717, 1.165) is 0 Å². The van der Waals surface area contributed by atoms with Crippen LogP contribution in [0.15, 0.2) is 0 Å². The van der Waals surface area contributed by atoms with E-state index in [0.29, 0.717) is 7.92 Å². The molecule has 0 aromatic carbocycles. The molecule has 0 amide bonds. The van der Waals surface area contributed by atoms with Crippen molar-refractivity contribution in [3.63, 3.8) is 0 Å². The van der Waals surface area contributed by atoms with Gasteiger partial charge >= 0.3 is 0 Å². The maximum Gasteiger partial charge on any atom is -0.00186 e. The minimum absolute atomic E-state index is 0.456. The molecule has 3 heterocycles. The normalized spacial score (nSPS) is 36.0. The SMILES string of the molecule is C1CCP2CCCCN(C1)CCCC2. The van der Waals surface area contributed by atoms with Crippen LogP contribution >= 0.6 is 7.92 Å². The molecule has 3 rings (SSSR count). The lowest BCUT2D eigenvalue weighted by Crippen LogP contribution is -2.29. The van der Waals surface area contributed by atoms with Gasteiger partial charge in [-0.05, 0) is 76.6 Å². The van der Waals surface area contributed by atoms with Crippen LogP contribution in [0.4, 0.5) is 0 Å². The van der Waals surface area contributed by atoms with Gasteiger partial charge in [-0.3, -0.25) is 0 Å². The predicted molar refractivity (Wildman–Crippen MR) is 65.7 cm³/mol. The Bertz CT molecular complexity index is 114. The molecule has 3 aliphatic rings. The van der Waals surface area contributed by atoms with Gasteiger partial charge in [0.2, 0.25) is 0 Å². The molecular weight excluding hydrogens is 189 g/mol. The third-order valence-electron chi connectivity index (χ3n) is 3.60. The number of hydrogen-bond donors (Lipinski definition) is 0. The van der Waals surface area contributed by atoms with E-state index >= 15 is 0 Å². The molecule has 3 aliphatic heterocycles. The topological polar surface area (TPSA) is 3.24 Å². The second-order valence-corrected chi connectivity index (χ2v) is 7.49. The van der Waals surface area contributed by atoms with Gasteiger partial charge < -0.3 is 4.90 Å². The molecule has 2 bridgehead atoms. The highest BCUT2D eigenvalue weighted by Gasteiger charge is 2.14. The highest BCUT2D eigenvalue weighted by atomic mass is 31.1. The van der Waals surface area contributed by atoms with Gasteiger partial charge in [0.25, 0.3) is 0 Å². The van der Waals surface area contributed by atoms with Gasteiger partial charge in [-0.25, -0.2) is 0 Å². The summed E-state index contributed by atoms with van der Waals surface area (Å²) in [4.78, 5) is 2.72. The zero-order valence-corrected chi connectivity index (χ0v) is 10.3. The smallest absolute Gasteiger partial charge is 0.00186 e. The van der Waals surface area contributed by atoms with E-state index in [-0.39, 0.29) is 0 Å². The average molecular weight is 213 g/mol. The molecule has 14 heavy (non-hydrogen) atoms. The van der Waals surface area contributed by atoms with E-state index in [9.17, 15) is 0 Å². The molecule has 0 saturated carbocycles. The second-order valence-electron chi connectivity index (χ2n) is 4.80. The van der Waals surface area contributed by atoms with Crippen molar-refractivity contribution in [3.8, 4) is 0 Å². The molecule has 2 heteroatoms. The van der Waals surface area contributed by atoms with Crippen molar-refractivity contribution in [1.82, 2.24) is 4.90 Å². The molecule has 0 N–H and O–H groups in total. The van der Waals surface area contributed by atoms with Gasteiger partial charge in [0.05, 0.1) is 0 Å². The maximum atomic E-state index is 2.72. The molecule has 0 aliphatic carbocycles. The zero-order valence-electron chi connectivity index (χ0n) is 9.38. The summed E-state index contributed by atoms with van der Waals surface area (Å²) in [6, 6.07) is 0. The van der Waals surface area contributed by atoms with Gasteiger partial charge in [-0.1, -0.05) is 0 Å². The lowest BCUT2D eigenvalue weighted by atomic mass is 10.2. The highest BCUT2D eigenvalue weighted by molar-refractivity contribution is 7.57. The Labute approximate surface area is 90.0 Å². The van der Waals surface area contributed by atoms with Gasteiger partial charge in [0.15, 0.2) is 0 Å². The number of nitrogens with zero attached hydrogens (tertiary/aromatic N) is 1. The first-order chi connectivity index (χ1) is 6.95. The number of fused-ring (bicyclic) bond motifs is 9. The van der Waals surface area contributed by atoms with Crippen LogP contribution in [0.25, 0.3) is 0 Å². The van der Waals surface area contributed by atoms with Gasteiger partial charge in [0.1, 0.15) is 0 Å². The van der Waals surface area contributed by atoms with Crippen molar-refractivity contribution < 1.29 is 0 Å². The van der Waals surface area contributed by atoms with Gasteiger partial charge in [-0.2, -0.15) is 0 Å². The molecule has 0 spiro atoms.